The van der Waals surface area contributed by atoms with Crippen molar-refractivity contribution in [3.05, 3.63) is 65.7 Å². The zero-order valence-corrected chi connectivity index (χ0v) is 21.3. The van der Waals surface area contributed by atoms with E-state index in [4.69, 9.17) is 0 Å². The van der Waals surface area contributed by atoms with Gasteiger partial charge in [0.2, 0.25) is 10.0 Å². The maximum atomic E-state index is 12.7. The van der Waals surface area contributed by atoms with E-state index in [1.54, 1.807) is 19.2 Å². The Morgan fingerprint density at radius 1 is 0.967 bits per heavy atom. The van der Waals surface area contributed by atoms with Gasteiger partial charge in [0.1, 0.15) is 0 Å². The fourth-order valence-electron chi connectivity index (χ4n) is 2.91. The van der Waals surface area contributed by atoms with E-state index < -0.39 is 15.6 Å². The highest BCUT2D eigenvalue weighted by molar-refractivity contribution is 14.0. The Bertz CT molecular complexity index is 910. The van der Waals surface area contributed by atoms with E-state index >= 15 is 0 Å². The summed E-state index contributed by atoms with van der Waals surface area (Å²) in [6, 6.07) is 17.4. The minimum atomic E-state index is -3.61. The van der Waals surface area contributed by atoms with Crippen LogP contribution in [0.2, 0.25) is 0 Å². The van der Waals surface area contributed by atoms with Crippen LogP contribution in [0.1, 0.15) is 38.3 Å². The number of sulfonamides is 1. The molecule has 3 N–H and O–H groups in total. The van der Waals surface area contributed by atoms with E-state index in [0.29, 0.717) is 18.1 Å². The summed E-state index contributed by atoms with van der Waals surface area (Å²) in [6.45, 7) is 6.62. The molecular formula is C22H33IN4O2S. The van der Waals surface area contributed by atoms with Crippen molar-refractivity contribution < 1.29 is 8.42 Å². The van der Waals surface area contributed by atoms with Crippen molar-refractivity contribution in [3.63, 3.8) is 0 Å². The Morgan fingerprint density at radius 3 is 2.23 bits per heavy atom. The lowest BCUT2D eigenvalue weighted by molar-refractivity contribution is 0.491. The summed E-state index contributed by atoms with van der Waals surface area (Å²) < 4.78 is 28.2. The lowest BCUT2D eigenvalue weighted by Gasteiger charge is -2.22. The number of nitrogens with zero attached hydrogens (tertiary/aromatic N) is 1. The van der Waals surface area contributed by atoms with Gasteiger partial charge >= 0.3 is 0 Å². The van der Waals surface area contributed by atoms with Crippen LogP contribution in [-0.2, 0) is 23.0 Å². The molecule has 0 saturated carbocycles. The maximum Gasteiger partial charge on any atom is 0.241 e. The summed E-state index contributed by atoms with van der Waals surface area (Å²) in [4.78, 5) is 4.51. The second kappa shape index (κ2) is 12.3. The van der Waals surface area contributed by atoms with Crippen LogP contribution in [0.5, 0.6) is 0 Å². The smallest absolute Gasteiger partial charge is 0.241 e. The van der Waals surface area contributed by atoms with Crippen LogP contribution in [0.25, 0.3) is 0 Å². The predicted molar refractivity (Wildman–Crippen MR) is 135 cm³/mol. The summed E-state index contributed by atoms with van der Waals surface area (Å²) in [7, 11) is -1.90. The van der Waals surface area contributed by atoms with Crippen LogP contribution in [0.3, 0.4) is 0 Å². The Morgan fingerprint density at radius 2 is 1.60 bits per heavy atom. The van der Waals surface area contributed by atoms with Gasteiger partial charge in [-0.3, -0.25) is 4.99 Å². The Balaban J connectivity index is 0.00000450. The molecule has 0 amide bonds. The van der Waals surface area contributed by atoms with Gasteiger partial charge in [-0.05, 0) is 50.8 Å². The van der Waals surface area contributed by atoms with Gasteiger partial charge in [-0.15, -0.1) is 24.0 Å². The molecule has 0 aliphatic rings. The van der Waals surface area contributed by atoms with Crippen molar-refractivity contribution in [2.45, 2.75) is 50.6 Å². The fourth-order valence-corrected chi connectivity index (χ4v) is 4.57. The normalized spacial score (nSPS) is 12.2. The van der Waals surface area contributed by atoms with Crippen molar-refractivity contribution >= 4 is 40.0 Å². The fraction of sp³-hybridized carbons (Fsp3) is 0.409. The van der Waals surface area contributed by atoms with Crippen LogP contribution in [0, 0.1) is 0 Å². The molecule has 0 aromatic heterocycles. The van der Waals surface area contributed by atoms with E-state index in [1.807, 2.05) is 51.1 Å². The van der Waals surface area contributed by atoms with Crippen molar-refractivity contribution in [3.8, 4) is 0 Å². The molecule has 0 fully saturated rings. The Labute approximate surface area is 198 Å². The summed E-state index contributed by atoms with van der Waals surface area (Å²) in [6.07, 6.45) is 1.97. The highest BCUT2D eigenvalue weighted by Crippen LogP contribution is 2.17. The highest BCUT2D eigenvalue weighted by atomic mass is 127. The SMILES string of the molecule is CN=C(NCCCc1ccccc1)NCc1ccccc1S(=O)(=O)NC(C)(C)C.I. The van der Waals surface area contributed by atoms with Crippen molar-refractivity contribution in [1.82, 2.24) is 15.4 Å². The number of rotatable bonds is 8. The molecule has 2 aromatic carbocycles. The van der Waals surface area contributed by atoms with Crippen molar-refractivity contribution in [1.29, 1.82) is 0 Å². The molecule has 8 heteroatoms. The molecule has 0 unspecified atom stereocenters. The third-order valence-corrected chi connectivity index (χ3v) is 6.01. The summed E-state index contributed by atoms with van der Waals surface area (Å²) in [5.41, 5.74) is 1.45. The van der Waals surface area contributed by atoms with Gasteiger partial charge in [0.15, 0.2) is 5.96 Å². The van der Waals surface area contributed by atoms with E-state index in [9.17, 15) is 8.42 Å². The maximum absolute atomic E-state index is 12.7. The summed E-state index contributed by atoms with van der Waals surface area (Å²) >= 11 is 0. The van der Waals surface area contributed by atoms with Crippen molar-refractivity contribution in [2.75, 3.05) is 13.6 Å². The number of nitrogens with one attached hydrogen (secondary N) is 3. The molecular weight excluding hydrogens is 511 g/mol. The zero-order valence-electron chi connectivity index (χ0n) is 18.1. The van der Waals surface area contributed by atoms with Crippen LogP contribution in [-0.4, -0.2) is 33.5 Å². The van der Waals surface area contributed by atoms with E-state index in [-0.39, 0.29) is 28.9 Å². The molecule has 0 heterocycles. The first-order valence-electron chi connectivity index (χ1n) is 9.81. The number of benzene rings is 2. The van der Waals surface area contributed by atoms with E-state index in [2.05, 4.69) is 32.5 Å². The molecule has 6 nitrogen and oxygen atoms in total. The number of aryl methyl sites for hydroxylation is 1. The first-order valence-corrected chi connectivity index (χ1v) is 11.3. The number of hydrogen-bond donors (Lipinski definition) is 3. The standard InChI is InChI=1S/C22H32N4O2S.HI/c1-22(2,3)26-29(27,28)20-15-9-8-14-19(20)17-25-21(23-4)24-16-10-13-18-11-6-5-7-12-18;/h5-9,11-12,14-15,26H,10,13,16-17H2,1-4H3,(H2,23,24,25);1H. The summed E-state index contributed by atoms with van der Waals surface area (Å²) in [5, 5.41) is 6.49. The van der Waals surface area contributed by atoms with Gasteiger partial charge in [0, 0.05) is 25.7 Å². The minimum absolute atomic E-state index is 0. The number of guanidine groups is 1. The average molecular weight is 545 g/mol. The molecule has 0 aliphatic carbocycles. The molecule has 0 saturated heterocycles. The number of aliphatic imine (C=N–C) groups is 1. The van der Waals surface area contributed by atoms with E-state index in [1.165, 1.54) is 5.56 Å². The third kappa shape index (κ3) is 9.01. The summed E-state index contributed by atoms with van der Waals surface area (Å²) in [5.74, 6) is 0.647. The van der Waals surface area contributed by atoms with Crippen LogP contribution < -0.4 is 15.4 Å². The number of halogens is 1. The van der Waals surface area contributed by atoms with Gasteiger partial charge in [-0.1, -0.05) is 48.5 Å². The van der Waals surface area contributed by atoms with Crippen LogP contribution in [0.15, 0.2) is 64.5 Å². The van der Waals surface area contributed by atoms with E-state index in [0.717, 1.165) is 19.4 Å². The topological polar surface area (TPSA) is 82.6 Å². The van der Waals surface area contributed by atoms with Gasteiger partial charge in [0.25, 0.3) is 0 Å². The van der Waals surface area contributed by atoms with Crippen molar-refractivity contribution in [2.24, 2.45) is 4.99 Å². The Hall–Kier alpha value is -1.65. The Kier molecular flexibility index (Phi) is 10.8. The first-order chi connectivity index (χ1) is 13.7. The molecule has 30 heavy (non-hydrogen) atoms. The lowest BCUT2D eigenvalue weighted by atomic mass is 10.1. The molecule has 0 radical (unpaired) electrons. The predicted octanol–water partition coefficient (Wildman–Crippen LogP) is 3.68. The highest BCUT2D eigenvalue weighted by Gasteiger charge is 2.24. The molecule has 0 spiro atoms. The molecule has 2 rings (SSSR count). The number of hydrogen-bond acceptors (Lipinski definition) is 3. The minimum Gasteiger partial charge on any atom is -0.356 e. The first kappa shape index (κ1) is 26.4. The second-order valence-electron chi connectivity index (χ2n) is 7.90. The molecule has 2 aromatic rings. The second-order valence-corrected chi connectivity index (χ2v) is 9.56. The van der Waals surface area contributed by atoms with Crippen LogP contribution >= 0.6 is 24.0 Å². The largest absolute Gasteiger partial charge is 0.356 e. The van der Waals surface area contributed by atoms with Gasteiger partial charge in [-0.25, -0.2) is 13.1 Å². The monoisotopic (exact) mass is 544 g/mol. The average Bonchev–Trinajstić information content (AvgIpc) is 2.66. The van der Waals surface area contributed by atoms with Gasteiger partial charge in [0.05, 0.1) is 4.90 Å². The van der Waals surface area contributed by atoms with Gasteiger partial charge in [-0.2, -0.15) is 0 Å². The quantitative estimate of drug-likeness (QED) is 0.205. The lowest BCUT2D eigenvalue weighted by Crippen LogP contribution is -2.41. The zero-order chi connectivity index (χ0) is 21.3. The third-order valence-electron chi connectivity index (χ3n) is 4.15. The van der Waals surface area contributed by atoms with Gasteiger partial charge < -0.3 is 10.6 Å². The molecule has 166 valence electrons. The van der Waals surface area contributed by atoms with Crippen LogP contribution in [0.4, 0.5) is 0 Å². The molecule has 0 bridgehead atoms. The molecule has 0 atom stereocenters. The molecule has 0 aliphatic heterocycles.